The van der Waals surface area contributed by atoms with Crippen molar-refractivity contribution >= 4 is 0 Å². The Bertz CT molecular complexity index is 364. The molecule has 1 aromatic carbocycles. The van der Waals surface area contributed by atoms with Gasteiger partial charge in [0.05, 0.1) is 6.61 Å². The minimum atomic E-state index is 0.395. The Morgan fingerprint density at radius 1 is 1.05 bits per heavy atom. The highest BCUT2D eigenvalue weighted by Crippen LogP contribution is 2.19. The first kappa shape index (κ1) is 18.0. The highest BCUT2D eigenvalue weighted by atomic mass is 16.5. The van der Waals surface area contributed by atoms with E-state index in [0.717, 1.165) is 45.0 Å². The number of hydrogen-bond donors (Lipinski definition) is 1. The fourth-order valence-corrected chi connectivity index (χ4v) is 2.52. The molecule has 120 valence electrons. The summed E-state index contributed by atoms with van der Waals surface area (Å²) < 4.78 is 5.53. The Morgan fingerprint density at radius 3 is 2.29 bits per heavy atom. The van der Waals surface area contributed by atoms with Crippen LogP contribution < -0.4 is 10.1 Å². The van der Waals surface area contributed by atoms with Gasteiger partial charge in [0.25, 0.3) is 0 Å². The molecule has 21 heavy (non-hydrogen) atoms. The van der Waals surface area contributed by atoms with E-state index in [2.05, 4.69) is 55.3 Å². The normalized spacial score (nSPS) is 12.6. The molecule has 0 saturated heterocycles. The van der Waals surface area contributed by atoms with Crippen molar-refractivity contribution in [3.8, 4) is 5.75 Å². The Hall–Kier alpha value is -1.06. The quantitative estimate of drug-likeness (QED) is 0.670. The van der Waals surface area contributed by atoms with Crippen molar-refractivity contribution in [1.29, 1.82) is 0 Å². The van der Waals surface area contributed by atoms with Gasteiger partial charge in [0.1, 0.15) is 5.75 Å². The van der Waals surface area contributed by atoms with Crippen LogP contribution in [0.25, 0.3) is 0 Å². The van der Waals surface area contributed by atoms with E-state index in [1.165, 1.54) is 12.0 Å². The molecular weight excluding hydrogens is 260 g/mol. The third-order valence-electron chi connectivity index (χ3n) is 3.66. The third-order valence-corrected chi connectivity index (χ3v) is 3.66. The molecule has 0 aliphatic heterocycles. The number of hydrogen-bond acceptors (Lipinski definition) is 3. The van der Waals surface area contributed by atoms with Crippen molar-refractivity contribution in [1.82, 2.24) is 10.2 Å². The zero-order valence-electron chi connectivity index (χ0n) is 14.2. The number of nitrogens with one attached hydrogen (secondary N) is 1. The average Bonchev–Trinajstić information content (AvgIpc) is 2.51. The summed E-state index contributed by atoms with van der Waals surface area (Å²) in [4.78, 5) is 2.52. The van der Waals surface area contributed by atoms with Gasteiger partial charge in [-0.1, -0.05) is 32.9 Å². The molecule has 0 amide bonds. The van der Waals surface area contributed by atoms with Crippen LogP contribution in [0.5, 0.6) is 5.75 Å². The van der Waals surface area contributed by atoms with Crippen LogP contribution in [0.4, 0.5) is 0 Å². The maximum atomic E-state index is 5.53. The minimum Gasteiger partial charge on any atom is -0.494 e. The van der Waals surface area contributed by atoms with Crippen molar-refractivity contribution < 1.29 is 4.74 Å². The van der Waals surface area contributed by atoms with Crippen LogP contribution in [-0.2, 0) is 0 Å². The van der Waals surface area contributed by atoms with Gasteiger partial charge in [0.2, 0.25) is 0 Å². The van der Waals surface area contributed by atoms with E-state index >= 15 is 0 Å². The summed E-state index contributed by atoms with van der Waals surface area (Å²) >= 11 is 0. The highest BCUT2D eigenvalue weighted by Gasteiger charge is 2.14. The van der Waals surface area contributed by atoms with Crippen LogP contribution >= 0.6 is 0 Å². The van der Waals surface area contributed by atoms with Gasteiger partial charge < -0.3 is 15.0 Å². The number of nitrogens with zero attached hydrogens (tertiary/aromatic N) is 1. The smallest absolute Gasteiger partial charge is 0.119 e. The predicted molar refractivity (Wildman–Crippen MR) is 91.1 cm³/mol. The summed E-state index contributed by atoms with van der Waals surface area (Å²) in [6, 6.07) is 8.94. The van der Waals surface area contributed by atoms with E-state index in [4.69, 9.17) is 4.74 Å². The van der Waals surface area contributed by atoms with E-state index in [9.17, 15) is 0 Å². The Kier molecular flexibility index (Phi) is 9.11. The maximum absolute atomic E-state index is 5.53. The van der Waals surface area contributed by atoms with Crippen molar-refractivity contribution in [3.05, 3.63) is 29.8 Å². The second kappa shape index (κ2) is 10.6. The lowest BCUT2D eigenvalue weighted by atomic mass is 10.1. The molecule has 0 saturated carbocycles. The largest absolute Gasteiger partial charge is 0.494 e. The lowest BCUT2D eigenvalue weighted by molar-refractivity contribution is 0.254. The van der Waals surface area contributed by atoms with Crippen LogP contribution in [0.3, 0.4) is 0 Å². The molecule has 1 unspecified atom stereocenters. The molecule has 3 heteroatoms. The van der Waals surface area contributed by atoms with E-state index in [0.29, 0.717) is 6.04 Å². The van der Waals surface area contributed by atoms with Gasteiger partial charge in [-0.05, 0) is 57.1 Å². The van der Waals surface area contributed by atoms with Crippen LogP contribution in [0, 0.1) is 0 Å². The first-order valence-electron chi connectivity index (χ1n) is 8.43. The maximum Gasteiger partial charge on any atom is 0.119 e. The molecular formula is C18H32N2O. The zero-order chi connectivity index (χ0) is 15.5. The second-order valence-electron chi connectivity index (χ2n) is 5.40. The number of rotatable bonds is 11. The van der Waals surface area contributed by atoms with Crippen LogP contribution in [0.2, 0.25) is 0 Å². The van der Waals surface area contributed by atoms with Gasteiger partial charge in [-0.3, -0.25) is 0 Å². The zero-order valence-corrected chi connectivity index (χ0v) is 14.2. The van der Waals surface area contributed by atoms with E-state index < -0.39 is 0 Å². The molecule has 0 heterocycles. The summed E-state index contributed by atoms with van der Waals surface area (Å²) in [6.07, 6.45) is 2.37. The molecule has 1 aromatic rings. The summed E-state index contributed by atoms with van der Waals surface area (Å²) in [5.74, 6) is 0.955. The average molecular weight is 292 g/mol. The van der Waals surface area contributed by atoms with Crippen molar-refractivity contribution in [2.45, 2.75) is 46.6 Å². The van der Waals surface area contributed by atoms with Gasteiger partial charge in [-0.25, -0.2) is 0 Å². The number of benzene rings is 1. The monoisotopic (exact) mass is 292 g/mol. The lowest BCUT2D eigenvalue weighted by Gasteiger charge is -2.27. The molecule has 0 bridgehead atoms. The van der Waals surface area contributed by atoms with Crippen LogP contribution in [0.1, 0.15) is 52.1 Å². The molecule has 0 aliphatic carbocycles. The summed E-state index contributed by atoms with van der Waals surface area (Å²) in [6.45, 7) is 13.8. The van der Waals surface area contributed by atoms with Gasteiger partial charge >= 0.3 is 0 Å². The Morgan fingerprint density at radius 2 is 1.76 bits per heavy atom. The standard InChI is InChI=1S/C18H32N2O/c1-5-13-19-18(15-20(7-3)14-6-2)16-9-11-17(12-10-16)21-8-4/h9-12,18-19H,5-8,13-15H2,1-4H3. The summed E-state index contributed by atoms with van der Waals surface area (Å²) in [7, 11) is 0. The Balaban J connectivity index is 2.74. The predicted octanol–water partition coefficient (Wildman–Crippen LogP) is 3.86. The molecule has 3 nitrogen and oxygen atoms in total. The van der Waals surface area contributed by atoms with Gasteiger partial charge in [0.15, 0.2) is 0 Å². The number of ether oxygens (including phenoxy) is 1. The summed E-state index contributed by atoms with van der Waals surface area (Å²) in [5.41, 5.74) is 1.35. The molecule has 1 rings (SSSR count). The van der Waals surface area contributed by atoms with E-state index in [1.54, 1.807) is 0 Å². The molecule has 0 radical (unpaired) electrons. The third kappa shape index (κ3) is 6.49. The van der Waals surface area contributed by atoms with Crippen molar-refractivity contribution in [2.24, 2.45) is 0 Å². The lowest BCUT2D eigenvalue weighted by Crippen LogP contribution is -2.36. The van der Waals surface area contributed by atoms with Crippen molar-refractivity contribution in [2.75, 3.05) is 32.8 Å². The first-order valence-corrected chi connectivity index (χ1v) is 8.43. The van der Waals surface area contributed by atoms with Gasteiger partial charge in [-0.15, -0.1) is 0 Å². The fourth-order valence-electron chi connectivity index (χ4n) is 2.52. The SMILES string of the molecule is CCCNC(CN(CC)CCC)c1ccc(OCC)cc1. The van der Waals surface area contributed by atoms with Crippen LogP contribution in [-0.4, -0.2) is 37.7 Å². The van der Waals surface area contributed by atoms with E-state index in [1.807, 2.05) is 6.92 Å². The van der Waals surface area contributed by atoms with Gasteiger partial charge in [-0.2, -0.15) is 0 Å². The molecule has 0 fully saturated rings. The molecule has 0 aromatic heterocycles. The van der Waals surface area contributed by atoms with Crippen molar-refractivity contribution in [3.63, 3.8) is 0 Å². The highest BCUT2D eigenvalue weighted by molar-refractivity contribution is 5.29. The Labute approximate surface area is 130 Å². The molecule has 1 atom stereocenters. The van der Waals surface area contributed by atoms with Gasteiger partial charge in [0, 0.05) is 12.6 Å². The molecule has 1 N–H and O–H groups in total. The topological polar surface area (TPSA) is 24.5 Å². The summed E-state index contributed by atoms with van der Waals surface area (Å²) in [5, 5.41) is 3.68. The second-order valence-corrected chi connectivity index (χ2v) is 5.40. The molecule has 0 aliphatic rings. The van der Waals surface area contributed by atoms with Crippen LogP contribution in [0.15, 0.2) is 24.3 Å². The number of likely N-dealkylation sites (N-methyl/N-ethyl adjacent to an activating group) is 1. The molecule has 0 spiro atoms. The minimum absolute atomic E-state index is 0.395. The first-order chi connectivity index (χ1) is 10.2. The fraction of sp³-hybridized carbons (Fsp3) is 0.667. The van der Waals surface area contributed by atoms with E-state index in [-0.39, 0.29) is 0 Å².